The quantitative estimate of drug-likeness (QED) is 0.330. The molecule has 132 valence electrons. The average Bonchev–Trinajstić information content (AvgIpc) is 2.93. The Morgan fingerprint density at radius 2 is 1.88 bits per heavy atom. The van der Waals surface area contributed by atoms with Crippen molar-refractivity contribution in [2.75, 3.05) is 6.61 Å². The van der Waals surface area contributed by atoms with Crippen LogP contribution in [-0.4, -0.2) is 29.6 Å². The Morgan fingerprint density at radius 1 is 1.23 bits per heavy atom. The Balaban J connectivity index is 1.60. The highest BCUT2D eigenvalue weighted by atomic mass is 79.9. The first kappa shape index (κ1) is 17.0. The molecule has 1 saturated heterocycles. The molecule has 1 saturated carbocycles. The molecule has 0 radical (unpaired) electrons. The van der Waals surface area contributed by atoms with E-state index < -0.39 is 0 Å². The second kappa shape index (κ2) is 6.73. The lowest BCUT2D eigenvalue weighted by atomic mass is 9.63. The van der Waals surface area contributed by atoms with Crippen LogP contribution in [0.1, 0.15) is 18.4 Å². The summed E-state index contributed by atoms with van der Waals surface area (Å²) in [4.78, 5) is 25.6. The lowest BCUT2D eigenvalue weighted by Gasteiger charge is -2.37. The van der Waals surface area contributed by atoms with Gasteiger partial charge in [-0.3, -0.25) is 9.59 Å². The minimum absolute atomic E-state index is 0.128. The Bertz CT molecular complexity index is 838. The summed E-state index contributed by atoms with van der Waals surface area (Å²) in [6.45, 7) is 0.128. The highest BCUT2D eigenvalue weighted by Gasteiger charge is 2.56. The normalized spacial score (nSPS) is 29.3. The molecule has 3 aliphatic carbocycles. The van der Waals surface area contributed by atoms with Crippen LogP contribution in [0.15, 0.2) is 39.9 Å². The van der Waals surface area contributed by atoms with Crippen LogP contribution in [0.5, 0.6) is 5.75 Å². The maximum absolute atomic E-state index is 12.8. The number of fused-ring (bicyclic) bond motifs is 1. The van der Waals surface area contributed by atoms with E-state index in [0.29, 0.717) is 11.3 Å². The van der Waals surface area contributed by atoms with Crippen molar-refractivity contribution in [3.05, 3.63) is 40.4 Å². The first-order valence-electron chi connectivity index (χ1n) is 8.56. The van der Waals surface area contributed by atoms with Crippen molar-refractivity contribution in [3.63, 3.8) is 0 Å². The molecule has 0 unspecified atom stereocenters. The molecule has 1 aliphatic heterocycles. The summed E-state index contributed by atoms with van der Waals surface area (Å²) in [5.41, 5.74) is 0.645. The van der Waals surface area contributed by atoms with Crippen molar-refractivity contribution in [2.45, 2.75) is 12.8 Å². The molecular weight excluding hydrogens is 396 g/mol. The zero-order chi connectivity index (χ0) is 18.3. The topological polar surface area (TPSA) is 59.0 Å². The molecule has 6 heteroatoms. The first-order valence-corrected chi connectivity index (χ1v) is 9.35. The van der Waals surface area contributed by atoms with E-state index in [2.05, 4.69) is 39.1 Å². The lowest BCUT2D eigenvalue weighted by Crippen LogP contribution is -2.38. The summed E-state index contributed by atoms with van der Waals surface area (Å²) in [6, 6.07) is 5.40. The third-order valence-electron chi connectivity index (χ3n) is 5.33. The van der Waals surface area contributed by atoms with Gasteiger partial charge in [-0.2, -0.15) is 10.1 Å². The first-order chi connectivity index (χ1) is 12.6. The van der Waals surface area contributed by atoms with Gasteiger partial charge < -0.3 is 4.74 Å². The molecule has 0 spiro atoms. The van der Waals surface area contributed by atoms with Crippen LogP contribution in [-0.2, 0) is 9.59 Å². The van der Waals surface area contributed by atoms with Crippen molar-refractivity contribution >= 4 is 34.0 Å². The smallest absolute Gasteiger partial charge is 0.254 e. The van der Waals surface area contributed by atoms with Crippen molar-refractivity contribution < 1.29 is 14.3 Å². The standard InChI is InChI=1S/C20H17BrN2O3/c1-2-9-26-16-8-7-15(21)10-14(16)11-22-23-19(24)17-12-3-4-13(6-5-12)18(17)20(23)25/h1,3-4,7-8,10-13,17-18H,5-6,9H2/b22-11-/t12-,13-,17-,18-/m1/s1. The van der Waals surface area contributed by atoms with E-state index in [0.717, 1.165) is 22.3 Å². The Labute approximate surface area is 160 Å². The van der Waals surface area contributed by atoms with Gasteiger partial charge in [-0.25, -0.2) is 0 Å². The summed E-state index contributed by atoms with van der Waals surface area (Å²) in [5, 5.41) is 5.26. The Hall–Kier alpha value is -2.39. The fourth-order valence-electron chi connectivity index (χ4n) is 4.16. The number of nitrogens with zero attached hydrogens (tertiary/aromatic N) is 2. The van der Waals surface area contributed by atoms with E-state index in [1.165, 1.54) is 6.21 Å². The van der Waals surface area contributed by atoms with Gasteiger partial charge in [0.25, 0.3) is 11.8 Å². The number of ether oxygens (including phenoxy) is 1. The van der Waals surface area contributed by atoms with Crippen LogP contribution < -0.4 is 4.74 Å². The van der Waals surface area contributed by atoms with Gasteiger partial charge in [-0.1, -0.05) is 34.0 Å². The molecule has 1 aromatic carbocycles. The van der Waals surface area contributed by atoms with Gasteiger partial charge in [0, 0.05) is 10.0 Å². The minimum Gasteiger partial charge on any atom is -0.480 e. The number of hydrazone groups is 1. The molecule has 2 bridgehead atoms. The fourth-order valence-corrected chi connectivity index (χ4v) is 4.54. The SMILES string of the molecule is C#CCOc1ccc(Br)cc1/C=N\N1C(=O)[C@H]2[C@H](C1=O)[C@@H]1C=C[C@@H]2CC1. The van der Waals surface area contributed by atoms with E-state index in [1.807, 2.05) is 6.07 Å². The number of halogens is 1. The monoisotopic (exact) mass is 412 g/mol. The summed E-state index contributed by atoms with van der Waals surface area (Å²) in [5.74, 6) is 2.36. The number of allylic oxidation sites excluding steroid dienone is 2. The van der Waals surface area contributed by atoms with Crippen LogP contribution in [0.2, 0.25) is 0 Å². The number of carbonyl (C=O) groups is 2. The van der Waals surface area contributed by atoms with Gasteiger partial charge in [0.1, 0.15) is 12.4 Å². The predicted octanol–water partition coefficient (Wildman–Crippen LogP) is 2.99. The molecule has 1 heterocycles. The molecule has 4 atom stereocenters. The fraction of sp³-hybridized carbons (Fsp3) is 0.350. The van der Waals surface area contributed by atoms with Crippen molar-refractivity contribution in [2.24, 2.45) is 28.8 Å². The molecular formula is C20H17BrN2O3. The Morgan fingerprint density at radius 3 is 2.46 bits per heavy atom. The predicted molar refractivity (Wildman–Crippen MR) is 100 cm³/mol. The van der Waals surface area contributed by atoms with E-state index >= 15 is 0 Å². The number of carbonyl (C=O) groups excluding carboxylic acids is 2. The van der Waals surface area contributed by atoms with Crippen LogP contribution in [0.4, 0.5) is 0 Å². The molecule has 1 aromatic rings. The highest BCUT2D eigenvalue weighted by molar-refractivity contribution is 9.10. The van der Waals surface area contributed by atoms with Gasteiger partial charge in [0.2, 0.25) is 0 Å². The molecule has 0 aromatic heterocycles. The highest BCUT2D eigenvalue weighted by Crippen LogP contribution is 2.49. The maximum Gasteiger partial charge on any atom is 0.254 e. The van der Waals surface area contributed by atoms with Gasteiger partial charge in [0.05, 0.1) is 18.1 Å². The average molecular weight is 413 g/mol. The van der Waals surface area contributed by atoms with Gasteiger partial charge in [0.15, 0.2) is 0 Å². The van der Waals surface area contributed by atoms with E-state index in [9.17, 15) is 9.59 Å². The zero-order valence-electron chi connectivity index (χ0n) is 14.0. The number of benzene rings is 1. The third kappa shape index (κ3) is 2.77. The Kier molecular flexibility index (Phi) is 4.41. The number of hydrogen-bond acceptors (Lipinski definition) is 4. The third-order valence-corrected chi connectivity index (χ3v) is 5.82. The molecule has 4 aliphatic rings. The number of hydrogen-bond donors (Lipinski definition) is 0. The lowest BCUT2D eigenvalue weighted by molar-refractivity contribution is -0.140. The van der Waals surface area contributed by atoms with Crippen molar-refractivity contribution in [3.8, 4) is 18.1 Å². The molecule has 2 amide bonds. The number of terminal acetylenes is 1. The summed E-state index contributed by atoms with van der Waals surface area (Å²) < 4.78 is 6.34. The van der Waals surface area contributed by atoms with E-state index in [4.69, 9.17) is 11.2 Å². The van der Waals surface area contributed by atoms with Gasteiger partial charge in [-0.05, 0) is 42.9 Å². The van der Waals surface area contributed by atoms with Crippen LogP contribution in [0, 0.1) is 36.0 Å². The van der Waals surface area contributed by atoms with Crippen LogP contribution >= 0.6 is 15.9 Å². The van der Waals surface area contributed by atoms with Gasteiger partial charge >= 0.3 is 0 Å². The molecule has 5 nitrogen and oxygen atoms in total. The van der Waals surface area contributed by atoms with Gasteiger partial charge in [-0.15, -0.1) is 6.42 Å². The summed E-state index contributed by atoms with van der Waals surface area (Å²) >= 11 is 3.40. The number of amides is 2. The zero-order valence-corrected chi connectivity index (χ0v) is 15.6. The van der Waals surface area contributed by atoms with Crippen molar-refractivity contribution in [1.82, 2.24) is 5.01 Å². The van der Waals surface area contributed by atoms with E-state index in [-0.39, 0.29) is 42.1 Å². The number of imide groups is 1. The summed E-state index contributed by atoms with van der Waals surface area (Å²) in [6.07, 6.45) is 12.8. The van der Waals surface area contributed by atoms with E-state index in [1.54, 1.807) is 12.1 Å². The minimum atomic E-state index is -0.261. The van der Waals surface area contributed by atoms with Crippen molar-refractivity contribution in [1.29, 1.82) is 0 Å². The molecule has 5 rings (SSSR count). The van der Waals surface area contributed by atoms with Crippen LogP contribution in [0.3, 0.4) is 0 Å². The summed E-state index contributed by atoms with van der Waals surface area (Å²) in [7, 11) is 0. The number of rotatable bonds is 4. The molecule has 26 heavy (non-hydrogen) atoms. The largest absolute Gasteiger partial charge is 0.480 e. The molecule has 2 fully saturated rings. The second-order valence-electron chi connectivity index (χ2n) is 6.75. The maximum atomic E-state index is 12.8. The second-order valence-corrected chi connectivity index (χ2v) is 7.66. The van der Waals surface area contributed by atoms with Crippen LogP contribution in [0.25, 0.3) is 0 Å². The molecule has 0 N–H and O–H groups in total.